The molecule has 1 N–H and O–H groups in total. The van der Waals surface area contributed by atoms with Crippen molar-refractivity contribution in [3.63, 3.8) is 0 Å². The van der Waals surface area contributed by atoms with Gasteiger partial charge >= 0.3 is 0 Å². The SMILES string of the molecule is CNC(Cc1ccc(F)cc1Br)c1cc(C)cc(Br)c1. The van der Waals surface area contributed by atoms with Crippen molar-refractivity contribution in [2.24, 2.45) is 0 Å². The summed E-state index contributed by atoms with van der Waals surface area (Å²) in [6, 6.07) is 11.4. The maximum absolute atomic E-state index is 13.1. The van der Waals surface area contributed by atoms with Gasteiger partial charge in [0.2, 0.25) is 0 Å². The van der Waals surface area contributed by atoms with Gasteiger partial charge in [-0.2, -0.15) is 0 Å². The zero-order chi connectivity index (χ0) is 14.7. The fourth-order valence-corrected chi connectivity index (χ4v) is 3.40. The Kier molecular flexibility index (Phi) is 5.35. The van der Waals surface area contributed by atoms with E-state index in [2.05, 4.69) is 62.3 Å². The Hall–Kier alpha value is -0.710. The van der Waals surface area contributed by atoms with E-state index in [4.69, 9.17) is 0 Å². The summed E-state index contributed by atoms with van der Waals surface area (Å²) in [5.74, 6) is -0.222. The molecule has 1 atom stereocenters. The molecule has 0 fully saturated rings. The Morgan fingerprint density at radius 1 is 1.15 bits per heavy atom. The lowest BCUT2D eigenvalue weighted by atomic mass is 9.98. The standard InChI is InChI=1S/C16H16Br2FN/c1-10-5-12(7-13(17)6-10)16(20-2)8-11-3-4-14(19)9-15(11)18/h3-7,9,16,20H,8H2,1-2H3. The lowest BCUT2D eigenvalue weighted by Crippen LogP contribution is -2.19. The lowest BCUT2D eigenvalue weighted by molar-refractivity contribution is 0.587. The average Bonchev–Trinajstić information content (AvgIpc) is 2.36. The number of rotatable bonds is 4. The van der Waals surface area contributed by atoms with Crippen LogP contribution in [0.4, 0.5) is 4.39 Å². The molecule has 0 amide bonds. The molecule has 2 rings (SSSR count). The van der Waals surface area contributed by atoms with E-state index in [1.54, 1.807) is 0 Å². The predicted octanol–water partition coefficient (Wildman–Crippen LogP) is 5.16. The van der Waals surface area contributed by atoms with E-state index in [0.29, 0.717) is 0 Å². The molecular weight excluding hydrogens is 385 g/mol. The first-order chi connectivity index (χ1) is 9.49. The minimum atomic E-state index is -0.222. The molecule has 0 saturated heterocycles. The molecule has 0 spiro atoms. The second-order valence-electron chi connectivity index (χ2n) is 4.84. The highest BCUT2D eigenvalue weighted by Gasteiger charge is 2.13. The van der Waals surface area contributed by atoms with Gasteiger partial charge in [0.25, 0.3) is 0 Å². The molecule has 1 unspecified atom stereocenters. The third-order valence-electron chi connectivity index (χ3n) is 3.25. The summed E-state index contributed by atoms with van der Waals surface area (Å²) in [5.41, 5.74) is 3.52. The van der Waals surface area contributed by atoms with Gasteiger partial charge in [0.1, 0.15) is 5.82 Å². The molecule has 106 valence electrons. The topological polar surface area (TPSA) is 12.0 Å². The van der Waals surface area contributed by atoms with E-state index in [9.17, 15) is 4.39 Å². The van der Waals surface area contributed by atoms with Gasteiger partial charge in [0.05, 0.1) is 0 Å². The van der Waals surface area contributed by atoms with Gasteiger partial charge in [0.15, 0.2) is 0 Å². The fourth-order valence-electron chi connectivity index (χ4n) is 2.26. The normalized spacial score (nSPS) is 12.4. The highest BCUT2D eigenvalue weighted by Crippen LogP contribution is 2.27. The zero-order valence-corrected chi connectivity index (χ0v) is 14.6. The van der Waals surface area contributed by atoms with Gasteiger partial charge in [-0.25, -0.2) is 4.39 Å². The number of hydrogen-bond donors (Lipinski definition) is 1. The van der Waals surface area contributed by atoms with Crippen LogP contribution < -0.4 is 5.32 Å². The number of aryl methyl sites for hydroxylation is 1. The molecule has 0 aromatic heterocycles. The molecule has 2 aromatic carbocycles. The van der Waals surface area contributed by atoms with Crippen LogP contribution in [-0.2, 0) is 6.42 Å². The molecule has 0 bridgehead atoms. The first-order valence-electron chi connectivity index (χ1n) is 6.38. The number of benzene rings is 2. The fraction of sp³-hybridized carbons (Fsp3) is 0.250. The molecule has 0 aliphatic carbocycles. The first kappa shape index (κ1) is 15.7. The van der Waals surface area contributed by atoms with Crippen LogP contribution in [0.25, 0.3) is 0 Å². The Balaban J connectivity index is 2.28. The van der Waals surface area contributed by atoms with Crippen molar-refractivity contribution in [1.82, 2.24) is 5.32 Å². The summed E-state index contributed by atoms with van der Waals surface area (Å²) >= 11 is 6.96. The smallest absolute Gasteiger partial charge is 0.124 e. The second-order valence-corrected chi connectivity index (χ2v) is 6.61. The van der Waals surface area contributed by atoms with Gasteiger partial charge in [0, 0.05) is 15.0 Å². The Bertz CT molecular complexity index is 593. The minimum absolute atomic E-state index is 0.188. The summed E-state index contributed by atoms with van der Waals surface area (Å²) in [5, 5.41) is 3.33. The maximum atomic E-state index is 13.1. The van der Waals surface area contributed by atoms with E-state index in [0.717, 1.165) is 20.9 Å². The Morgan fingerprint density at radius 3 is 2.50 bits per heavy atom. The van der Waals surface area contributed by atoms with Gasteiger partial charge in [-0.05, 0) is 61.3 Å². The van der Waals surface area contributed by atoms with E-state index < -0.39 is 0 Å². The molecule has 0 saturated carbocycles. The van der Waals surface area contributed by atoms with E-state index in [1.807, 2.05) is 13.1 Å². The van der Waals surface area contributed by atoms with Crippen molar-refractivity contribution < 1.29 is 4.39 Å². The monoisotopic (exact) mass is 399 g/mol. The maximum Gasteiger partial charge on any atom is 0.124 e. The van der Waals surface area contributed by atoms with Crippen LogP contribution in [0.15, 0.2) is 45.3 Å². The number of nitrogens with one attached hydrogen (secondary N) is 1. The molecule has 0 heterocycles. The summed E-state index contributed by atoms with van der Waals surface area (Å²) in [6.07, 6.45) is 0.799. The van der Waals surface area contributed by atoms with Gasteiger partial charge in [-0.15, -0.1) is 0 Å². The van der Waals surface area contributed by atoms with Crippen molar-refractivity contribution >= 4 is 31.9 Å². The third-order valence-corrected chi connectivity index (χ3v) is 4.45. The van der Waals surface area contributed by atoms with Crippen LogP contribution in [0.3, 0.4) is 0 Å². The van der Waals surface area contributed by atoms with Gasteiger partial charge < -0.3 is 5.32 Å². The quantitative estimate of drug-likeness (QED) is 0.747. The predicted molar refractivity (Wildman–Crippen MR) is 88.5 cm³/mol. The van der Waals surface area contributed by atoms with Crippen LogP contribution in [0.1, 0.15) is 22.7 Å². The number of likely N-dealkylation sites (N-methyl/N-ethyl adjacent to an activating group) is 1. The number of halogens is 3. The largest absolute Gasteiger partial charge is 0.313 e. The molecule has 1 nitrogen and oxygen atoms in total. The molecule has 0 aliphatic heterocycles. The van der Waals surface area contributed by atoms with Crippen molar-refractivity contribution in [3.05, 3.63) is 67.9 Å². The van der Waals surface area contributed by atoms with Crippen LogP contribution >= 0.6 is 31.9 Å². The minimum Gasteiger partial charge on any atom is -0.313 e. The summed E-state index contributed by atoms with van der Waals surface area (Å²) in [7, 11) is 1.94. The highest BCUT2D eigenvalue weighted by atomic mass is 79.9. The van der Waals surface area contributed by atoms with Crippen molar-refractivity contribution in [3.8, 4) is 0 Å². The molecule has 0 radical (unpaired) electrons. The number of hydrogen-bond acceptors (Lipinski definition) is 1. The lowest BCUT2D eigenvalue weighted by Gasteiger charge is -2.18. The Morgan fingerprint density at radius 2 is 1.90 bits per heavy atom. The van der Waals surface area contributed by atoms with Gasteiger partial charge in [-0.3, -0.25) is 0 Å². The zero-order valence-electron chi connectivity index (χ0n) is 11.4. The molecular formula is C16H16Br2FN. The Labute approximate surface area is 135 Å². The highest BCUT2D eigenvalue weighted by molar-refractivity contribution is 9.10. The summed E-state index contributed by atoms with van der Waals surface area (Å²) in [4.78, 5) is 0. The van der Waals surface area contributed by atoms with Crippen molar-refractivity contribution in [2.75, 3.05) is 7.05 Å². The third kappa shape index (κ3) is 3.90. The average molecular weight is 401 g/mol. The molecule has 20 heavy (non-hydrogen) atoms. The van der Waals surface area contributed by atoms with Crippen LogP contribution in [0, 0.1) is 12.7 Å². The van der Waals surface area contributed by atoms with Crippen molar-refractivity contribution in [1.29, 1.82) is 0 Å². The summed E-state index contributed by atoms with van der Waals surface area (Å²) in [6.45, 7) is 2.08. The van der Waals surface area contributed by atoms with Gasteiger partial charge in [-0.1, -0.05) is 44.0 Å². The second kappa shape index (κ2) is 6.83. The molecule has 2 aromatic rings. The first-order valence-corrected chi connectivity index (χ1v) is 7.96. The van der Waals surface area contributed by atoms with E-state index >= 15 is 0 Å². The molecule has 4 heteroatoms. The van der Waals surface area contributed by atoms with Crippen molar-refractivity contribution in [2.45, 2.75) is 19.4 Å². The van der Waals surface area contributed by atoms with E-state index in [-0.39, 0.29) is 11.9 Å². The van der Waals surface area contributed by atoms with Crippen LogP contribution in [-0.4, -0.2) is 7.05 Å². The van der Waals surface area contributed by atoms with Crippen LogP contribution in [0.2, 0.25) is 0 Å². The summed E-state index contributed by atoms with van der Waals surface area (Å²) < 4.78 is 15.0. The van der Waals surface area contributed by atoms with E-state index in [1.165, 1.54) is 23.3 Å². The van der Waals surface area contributed by atoms with Crippen LogP contribution in [0.5, 0.6) is 0 Å². The molecule has 0 aliphatic rings.